The number of likely N-dealkylation sites (N-methyl/N-ethyl adjacent to an activating group) is 1. The quantitative estimate of drug-likeness (QED) is 0.891. The minimum Gasteiger partial charge on any atom is -0.497 e. The second-order valence-electron chi connectivity index (χ2n) is 5.44. The highest BCUT2D eigenvalue weighted by Gasteiger charge is 2.22. The molecule has 2 aromatic rings. The van der Waals surface area contributed by atoms with Gasteiger partial charge < -0.3 is 14.7 Å². The van der Waals surface area contributed by atoms with Crippen LogP contribution in [0.4, 0.5) is 0 Å². The van der Waals surface area contributed by atoms with Crippen molar-refractivity contribution >= 4 is 5.91 Å². The van der Waals surface area contributed by atoms with E-state index in [-0.39, 0.29) is 18.6 Å². The number of aryl methyl sites for hydroxylation is 1. The van der Waals surface area contributed by atoms with Crippen molar-refractivity contribution in [3.63, 3.8) is 0 Å². The summed E-state index contributed by atoms with van der Waals surface area (Å²) in [5.41, 5.74) is 2.68. The minimum atomic E-state index is -0.390. The molecule has 0 heterocycles. The van der Waals surface area contributed by atoms with Gasteiger partial charge in [-0.3, -0.25) is 4.79 Å². The normalized spacial score (nSPS) is 11.8. The predicted molar refractivity (Wildman–Crippen MR) is 90.7 cm³/mol. The average Bonchev–Trinajstić information content (AvgIpc) is 2.62. The molecule has 0 spiro atoms. The van der Waals surface area contributed by atoms with Gasteiger partial charge in [0, 0.05) is 12.6 Å². The first-order chi connectivity index (χ1) is 11.1. The third-order valence-electron chi connectivity index (χ3n) is 4.07. The van der Waals surface area contributed by atoms with Crippen molar-refractivity contribution in [3.05, 3.63) is 65.2 Å². The number of rotatable bonds is 6. The molecule has 0 saturated carbocycles. The lowest BCUT2D eigenvalue weighted by Gasteiger charge is -2.27. The van der Waals surface area contributed by atoms with Gasteiger partial charge in [0.05, 0.1) is 19.8 Å². The van der Waals surface area contributed by atoms with Gasteiger partial charge in [0.2, 0.25) is 0 Å². The molecule has 23 heavy (non-hydrogen) atoms. The lowest BCUT2D eigenvalue weighted by molar-refractivity contribution is 0.0658. The Bertz CT molecular complexity index is 635. The Morgan fingerprint density at radius 1 is 1.13 bits per heavy atom. The number of carbonyl (C=O) groups excluding carboxylic acids is 1. The van der Waals surface area contributed by atoms with Crippen LogP contribution in [0, 0.1) is 0 Å². The van der Waals surface area contributed by atoms with E-state index >= 15 is 0 Å². The van der Waals surface area contributed by atoms with Gasteiger partial charge in [-0.25, -0.2) is 0 Å². The highest BCUT2D eigenvalue weighted by molar-refractivity contribution is 5.94. The largest absolute Gasteiger partial charge is 0.497 e. The Hall–Kier alpha value is -2.33. The highest BCUT2D eigenvalue weighted by atomic mass is 16.5. The third kappa shape index (κ3) is 3.90. The van der Waals surface area contributed by atoms with Crippen molar-refractivity contribution in [2.75, 3.05) is 20.8 Å². The van der Waals surface area contributed by atoms with E-state index in [1.807, 2.05) is 48.5 Å². The Morgan fingerprint density at radius 3 is 2.22 bits per heavy atom. The summed E-state index contributed by atoms with van der Waals surface area (Å²) in [5.74, 6) is 0.636. The van der Waals surface area contributed by atoms with E-state index in [0.717, 1.165) is 17.7 Å². The standard InChI is InChI=1S/C19H23NO3/c1-4-14-5-7-16(8-6-14)19(22)20(2)18(13-21)15-9-11-17(23-3)12-10-15/h5-12,18,21H,4,13H2,1-3H3. The van der Waals surface area contributed by atoms with E-state index < -0.39 is 0 Å². The van der Waals surface area contributed by atoms with Crippen LogP contribution in [0.5, 0.6) is 5.75 Å². The molecule has 1 unspecified atom stereocenters. The van der Waals surface area contributed by atoms with Crippen LogP contribution in [0.3, 0.4) is 0 Å². The van der Waals surface area contributed by atoms with Crippen molar-refractivity contribution in [2.45, 2.75) is 19.4 Å². The van der Waals surface area contributed by atoms with Crippen LogP contribution in [0.2, 0.25) is 0 Å². The maximum Gasteiger partial charge on any atom is 0.254 e. The first-order valence-electron chi connectivity index (χ1n) is 7.71. The van der Waals surface area contributed by atoms with Gasteiger partial charge in [-0.2, -0.15) is 0 Å². The molecule has 2 aromatic carbocycles. The molecule has 0 saturated heterocycles. The molecule has 0 radical (unpaired) electrons. The molecule has 0 aliphatic rings. The SMILES string of the molecule is CCc1ccc(C(=O)N(C)C(CO)c2ccc(OC)cc2)cc1. The van der Waals surface area contributed by atoms with E-state index in [9.17, 15) is 9.90 Å². The Morgan fingerprint density at radius 2 is 1.74 bits per heavy atom. The second kappa shape index (κ2) is 7.79. The summed E-state index contributed by atoms with van der Waals surface area (Å²) in [6, 6.07) is 14.6. The van der Waals surface area contributed by atoms with Gasteiger partial charge in [-0.15, -0.1) is 0 Å². The molecule has 0 fully saturated rings. The van der Waals surface area contributed by atoms with Crippen molar-refractivity contribution in [1.82, 2.24) is 4.90 Å². The molecule has 122 valence electrons. The summed E-state index contributed by atoms with van der Waals surface area (Å²) in [6.45, 7) is 1.94. The number of amides is 1. The van der Waals surface area contributed by atoms with Crippen LogP contribution in [0.1, 0.15) is 34.5 Å². The van der Waals surface area contributed by atoms with Gasteiger partial charge >= 0.3 is 0 Å². The average molecular weight is 313 g/mol. The molecular formula is C19H23NO3. The summed E-state index contributed by atoms with van der Waals surface area (Å²) in [7, 11) is 3.31. The van der Waals surface area contributed by atoms with Crippen molar-refractivity contribution in [3.8, 4) is 5.75 Å². The first kappa shape index (κ1) is 17.0. The van der Waals surface area contributed by atoms with E-state index in [4.69, 9.17) is 4.74 Å². The predicted octanol–water partition coefficient (Wildman–Crippen LogP) is 3.06. The van der Waals surface area contributed by atoms with Crippen LogP contribution in [0.15, 0.2) is 48.5 Å². The molecule has 0 bridgehead atoms. The lowest BCUT2D eigenvalue weighted by Crippen LogP contribution is -2.33. The molecule has 4 heteroatoms. The minimum absolute atomic E-state index is 0.109. The van der Waals surface area contributed by atoms with E-state index in [2.05, 4.69) is 6.92 Å². The Kier molecular flexibility index (Phi) is 5.77. The summed E-state index contributed by atoms with van der Waals surface area (Å²) in [6.07, 6.45) is 0.940. The van der Waals surface area contributed by atoms with E-state index in [1.165, 1.54) is 5.56 Å². The van der Waals surface area contributed by atoms with E-state index in [0.29, 0.717) is 5.56 Å². The number of ether oxygens (including phenoxy) is 1. The summed E-state index contributed by atoms with van der Waals surface area (Å²) < 4.78 is 5.14. The Balaban J connectivity index is 2.19. The fourth-order valence-electron chi connectivity index (χ4n) is 2.51. The molecule has 1 N–H and O–H groups in total. The number of hydrogen-bond donors (Lipinski definition) is 1. The molecule has 0 aliphatic carbocycles. The first-order valence-corrected chi connectivity index (χ1v) is 7.71. The van der Waals surface area contributed by atoms with Crippen LogP contribution >= 0.6 is 0 Å². The highest BCUT2D eigenvalue weighted by Crippen LogP contribution is 2.23. The molecule has 2 rings (SSSR count). The molecule has 0 aliphatic heterocycles. The van der Waals surface area contributed by atoms with Crippen molar-refractivity contribution in [2.24, 2.45) is 0 Å². The van der Waals surface area contributed by atoms with Gasteiger partial charge in [0.25, 0.3) is 5.91 Å². The topological polar surface area (TPSA) is 49.8 Å². The zero-order chi connectivity index (χ0) is 16.8. The number of benzene rings is 2. The molecule has 0 aromatic heterocycles. The summed E-state index contributed by atoms with van der Waals surface area (Å²) in [5, 5.41) is 9.73. The van der Waals surface area contributed by atoms with Crippen LogP contribution in [-0.4, -0.2) is 36.7 Å². The molecule has 1 atom stereocenters. The van der Waals surface area contributed by atoms with Crippen LogP contribution in [0.25, 0.3) is 0 Å². The number of nitrogens with zero attached hydrogens (tertiary/aromatic N) is 1. The van der Waals surface area contributed by atoms with Gasteiger partial charge in [-0.05, 0) is 41.8 Å². The summed E-state index contributed by atoms with van der Waals surface area (Å²) >= 11 is 0. The number of aliphatic hydroxyl groups excluding tert-OH is 1. The number of carbonyl (C=O) groups is 1. The number of hydrogen-bond acceptors (Lipinski definition) is 3. The zero-order valence-corrected chi connectivity index (χ0v) is 13.8. The molecular weight excluding hydrogens is 290 g/mol. The zero-order valence-electron chi connectivity index (χ0n) is 13.8. The fourth-order valence-corrected chi connectivity index (χ4v) is 2.51. The second-order valence-corrected chi connectivity index (χ2v) is 5.44. The monoisotopic (exact) mass is 313 g/mol. The van der Waals surface area contributed by atoms with Gasteiger partial charge in [0.1, 0.15) is 5.75 Å². The summed E-state index contributed by atoms with van der Waals surface area (Å²) in [4.78, 5) is 14.2. The third-order valence-corrected chi connectivity index (χ3v) is 4.07. The molecule has 1 amide bonds. The van der Waals surface area contributed by atoms with Crippen LogP contribution < -0.4 is 4.74 Å². The fraction of sp³-hybridized carbons (Fsp3) is 0.316. The smallest absolute Gasteiger partial charge is 0.254 e. The van der Waals surface area contributed by atoms with Crippen molar-refractivity contribution in [1.29, 1.82) is 0 Å². The maximum atomic E-state index is 12.6. The van der Waals surface area contributed by atoms with Crippen molar-refractivity contribution < 1.29 is 14.6 Å². The number of aliphatic hydroxyl groups is 1. The molecule has 4 nitrogen and oxygen atoms in total. The van der Waals surface area contributed by atoms with Gasteiger partial charge in [-0.1, -0.05) is 31.2 Å². The number of methoxy groups -OCH3 is 1. The van der Waals surface area contributed by atoms with E-state index in [1.54, 1.807) is 19.1 Å². The lowest BCUT2D eigenvalue weighted by atomic mass is 10.0. The Labute approximate surface area is 137 Å². The van der Waals surface area contributed by atoms with Gasteiger partial charge in [0.15, 0.2) is 0 Å². The maximum absolute atomic E-state index is 12.6. The van der Waals surface area contributed by atoms with Crippen LogP contribution in [-0.2, 0) is 6.42 Å².